The number of hydrogen-bond acceptors (Lipinski definition) is 4. The molecule has 0 saturated carbocycles. The summed E-state index contributed by atoms with van der Waals surface area (Å²) in [6.07, 6.45) is 3.14. The molecule has 2 unspecified atom stereocenters. The maximum absolute atomic E-state index is 12.4. The molecule has 24 heavy (non-hydrogen) atoms. The summed E-state index contributed by atoms with van der Waals surface area (Å²) < 4.78 is 25.7. The first-order valence-corrected chi connectivity index (χ1v) is 9.87. The van der Waals surface area contributed by atoms with Crippen LogP contribution in [0.25, 0.3) is 0 Å². The lowest BCUT2D eigenvalue weighted by molar-refractivity contribution is -0.133. The molecule has 1 heterocycles. The summed E-state index contributed by atoms with van der Waals surface area (Å²) in [5, 5.41) is 0. The topological polar surface area (TPSA) is 92.5 Å². The highest BCUT2D eigenvalue weighted by Gasteiger charge is 2.25. The molecule has 1 aliphatic heterocycles. The van der Waals surface area contributed by atoms with E-state index in [9.17, 15) is 13.2 Å². The van der Waals surface area contributed by atoms with Crippen LogP contribution in [0.1, 0.15) is 31.7 Å². The van der Waals surface area contributed by atoms with Crippen LogP contribution in [-0.4, -0.2) is 45.4 Å². The number of likely N-dealkylation sites (tertiary alicyclic amines) is 1. The van der Waals surface area contributed by atoms with Gasteiger partial charge in [-0.3, -0.25) is 4.79 Å². The average molecular weight is 353 g/mol. The molecule has 0 radical (unpaired) electrons. The van der Waals surface area contributed by atoms with E-state index in [4.69, 9.17) is 5.73 Å². The lowest BCUT2D eigenvalue weighted by Crippen LogP contribution is -2.45. The fraction of sp³-hybridized carbons (Fsp3) is 0.588. The molecule has 1 saturated heterocycles. The molecular weight excluding hydrogens is 326 g/mol. The van der Waals surface area contributed by atoms with E-state index in [1.54, 1.807) is 24.3 Å². The fourth-order valence-corrected chi connectivity index (χ4v) is 3.76. The number of rotatable bonds is 6. The number of nitrogens with zero attached hydrogens (tertiary/aromatic N) is 1. The molecule has 134 valence electrons. The van der Waals surface area contributed by atoms with Crippen molar-refractivity contribution in [2.45, 2.75) is 43.5 Å². The first kappa shape index (κ1) is 18.9. The molecule has 7 heteroatoms. The molecule has 0 bridgehead atoms. The Balaban J connectivity index is 1.90. The molecule has 1 aromatic carbocycles. The molecule has 1 fully saturated rings. The van der Waals surface area contributed by atoms with Crippen LogP contribution < -0.4 is 10.5 Å². The van der Waals surface area contributed by atoms with Crippen LogP contribution in [0.3, 0.4) is 0 Å². The highest BCUT2D eigenvalue weighted by Crippen LogP contribution is 2.20. The Kier molecular flexibility index (Phi) is 6.37. The maximum Gasteiger partial charge on any atom is 0.240 e. The second kappa shape index (κ2) is 8.09. The van der Waals surface area contributed by atoms with Crippen LogP contribution in [0.5, 0.6) is 0 Å². The van der Waals surface area contributed by atoms with Crippen LogP contribution in [-0.2, 0) is 21.2 Å². The number of sulfonamides is 1. The van der Waals surface area contributed by atoms with E-state index in [-0.39, 0.29) is 16.8 Å². The van der Waals surface area contributed by atoms with Crippen molar-refractivity contribution in [3.05, 3.63) is 29.8 Å². The Morgan fingerprint density at radius 3 is 2.62 bits per heavy atom. The third kappa shape index (κ3) is 4.78. The van der Waals surface area contributed by atoms with Gasteiger partial charge in [0.2, 0.25) is 15.9 Å². The molecule has 0 aromatic heterocycles. The Bertz CT molecular complexity index is 656. The zero-order valence-corrected chi connectivity index (χ0v) is 15.2. The van der Waals surface area contributed by atoms with Crippen molar-refractivity contribution in [3.8, 4) is 0 Å². The molecule has 1 aromatic rings. The maximum atomic E-state index is 12.4. The summed E-state index contributed by atoms with van der Waals surface area (Å²) in [6.45, 7) is 3.55. The summed E-state index contributed by atoms with van der Waals surface area (Å²) in [4.78, 5) is 14.5. The van der Waals surface area contributed by atoms with Gasteiger partial charge in [0, 0.05) is 25.6 Å². The number of hydrogen-bond donors (Lipinski definition) is 2. The third-order valence-corrected chi connectivity index (χ3v) is 6.11. The number of benzene rings is 1. The number of nitrogens with one attached hydrogen (secondary N) is 1. The van der Waals surface area contributed by atoms with Crippen molar-refractivity contribution in [2.75, 3.05) is 20.1 Å². The predicted octanol–water partition coefficient (Wildman–Crippen LogP) is 1.11. The molecule has 2 rings (SSSR count). The van der Waals surface area contributed by atoms with Gasteiger partial charge in [-0.2, -0.15) is 0 Å². The first-order chi connectivity index (χ1) is 11.3. The summed E-state index contributed by atoms with van der Waals surface area (Å²) in [6, 6.07) is 6.77. The first-order valence-electron chi connectivity index (χ1n) is 8.39. The summed E-state index contributed by atoms with van der Waals surface area (Å²) in [5.74, 6) is 0.529. The van der Waals surface area contributed by atoms with Gasteiger partial charge in [-0.15, -0.1) is 0 Å². The minimum absolute atomic E-state index is 0.113. The minimum Gasteiger partial charge on any atom is -0.342 e. The smallest absolute Gasteiger partial charge is 0.240 e. The Labute approximate surface area is 144 Å². The van der Waals surface area contributed by atoms with Crippen LogP contribution >= 0.6 is 0 Å². The van der Waals surface area contributed by atoms with Gasteiger partial charge in [0.25, 0.3) is 0 Å². The summed E-state index contributed by atoms with van der Waals surface area (Å²) in [5.41, 5.74) is 6.92. The number of carbonyl (C=O) groups excluding carboxylic acids is 1. The van der Waals surface area contributed by atoms with Crippen LogP contribution in [0.2, 0.25) is 0 Å². The molecule has 0 aliphatic carbocycles. The van der Waals surface area contributed by atoms with E-state index >= 15 is 0 Å². The molecule has 3 N–H and O–H groups in total. The lowest BCUT2D eigenvalue weighted by Gasteiger charge is -2.34. The summed E-state index contributed by atoms with van der Waals surface area (Å²) in [7, 11) is -2.03. The molecular formula is C17H27N3O3S. The molecule has 0 spiro atoms. The van der Waals surface area contributed by atoms with E-state index in [0.29, 0.717) is 18.8 Å². The second-order valence-corrected chi connectivity index (χ2v) is 8.34. The largest absolute Gasteiger partial charge is 0.342 e. The molecule has 6 nitrogen and oxygen atoms in total. The number of carbonyl (C=O) groups is 1. The van der Waals surface area contributed by atoms with Gasteiger partial charge in [-0.25, -0.2) is 13.1 Å². The zero-order chi connectivity index (χ0) is 17.7. The van der Waals surface area contributed by atoms with Gasteiger partial charge in [0.05, 0.1) is 4.90 Å². The van der Waals surface area contributed by atoms with Gasteiger partial charge in [0.15, 0.2) is 0 Å². The van der Waals surface area contributed by atoms with Crippen LogP contribution in [0.4, 0.5) is 0 Å². The third-order valence-electron chi connectivity index (χ3n) is 4.68. The average Bonchev–Trinajstić information content (AvgIpc) is 2.60. The van der Waals surface area contributed by atoms with E-state index in [1.807, 2.05) is 11.8 Å². The Morgan fingerprint density at radius 2 is 2.04 bits per heavy atom. The van der Waals surface area contributed by atoms with Gasteiger partial charge in [-0.1, -0.05) is 12.1 Å². The predicted molar refractivity (Wildman–Crippen MR) is 94.0 cm³/mol. The van der Waals surface area contributed by atoms with Crippen LogP contribution in [0, 0.1) is 5.92 Å². The molecule has 1 aliphatic rings. The van der Waals surface area contributed by atoms with Gasteiger partial charge >= 0.3 is 0 Å². The van der Waals surface area contributed by atoms with E-state index in [2.05, 4.69) is 4.72 Å². The van der Waals surface area contributed by atoms with E-state index < -0.39 is 10.0 Å². The normalized spacial score (nSPS) is 20.0. The van der Waals surface area contributed by atoms with E-state index in [1.165, 1.54) is 7.05 Å². The highest BCUT2D eigenvalue weighted by molar-refractivity contribution is 7.89. The van der Waals surface area contributed by atoms with Crippen molar-refractivity contribution in [1.82, 2.24) is 9.62 Å². The van der Waals surface area contributed by atoms with Gasteiger partial charge in [0.1, 0.15) is 0 Å². The van der Waals surface area contributed by atoms with Crippen molar-refractivity contribution in [3.63, 3.8) is 0 Å². The molecule has 1 amide bonds. The Morgan fingerprint density at radius 1 is 1.38 bits per heavy atom. The SMILES string of the molecule is CNS(=O)(=O)c1ccc(CCC(=O)N2CCCC(C(C)N)C2)cc1. The fourth-order valence-electron chi connectivity index (χ4n) is 3.03. The van der Waals surface area contributed by atoms with Crippen molar-refractivity contribution < 1.29 is 13.2 Å². The molecule has 2 atom stereocenters. The standard InChI is InChI=1S/C17H27N3O3S/c1-13(18)15-4-3-11-20(12-15)17(21)10-7-14-5-8-16(9-6-14)24(22,23)19-2/h5-6,8-9,13,15,19H,3-4,7,10-12,18H2,1-2H3. The lowest BCUT2D eigenvalue weighted by atomic mass is 9.92. The van der Waals surface area contributed by atoms with Crippen molar-refractivity contribution in [1.29, 1.82) is 0 Å². The monoisotopic (exact) mass is 353 g/mol. The quantitative estimate of drug-likeness (QED) is 0.801. The second-order valence-electron chi connectivity index (χ2n) is 6.45. The van der Waals surface area contributed by atoms with Crippen LogP contribution in [0.15, 0.2) is 29.2 Å². The number of aryl methyl sites for hydroxylation is 1. The van der Waals surface area contributed by atoms with Gasteiger partial charge < -0.3 is 10.6 Å². The number of amides is 1. The summed E-state index contributed by atoms with van der Waals surface area (Å²) >= 11 is 0. The number of nitrogens with two attached hydrogens (primary N) is 1. The Hall–Kier alpha value is -1.44. The van der Waals surface area contributed by atoms with Crippen molar-refractivity contribution in [2.24, 2.45) is 11.7 Å². The van der Waals surface area contributed by atoms with Gasteiger partial charge in [-0.05, 0) is 56.8 Å². The zero-order valence-electron chi connectivity index (χ0n) is 14.4. The van der Waals surface area contributed by atoms with Crippen molar-refractivity contribution >= 4 is 15.9 Å². The van der Waals surface area contributed by atoms with E-state index in [0.717, 1.165) is 31.5 Å². The minimum atomic E-state index is -3.41. The number of piperidine rings is 1. The highest BCUT2D eigenvalue weighted by atomic mass is 32.2.